The maximum Gasteiger partial charge on any atom is 0.172 e. The lowest BCUT2D eigenvalue weighted by Gasteiger charge is -2.15. The van der Waals surface area contributed by atoms with Crippen molar-refractivity contribution < 1.29 is 18.7 Å². The Labute approximate surface area is 120 Å². The topological polar surface area (TPSA) is 50.2 Å². The monoisotopic (exact) mass is 289 g/mol. The van der Waals surface area contributed by atoms with Gasteiger partial charge < -0.3 is 5.11 Å². The highest BCUT2D eigenvalue weighted by Gasteiger charge is 2.33. The number of aliphatic hydroxyl groups excluding tert-OH is 1. The Morgan fingerprint density at radius 2 is 1.95 bits per heavy atom. The Hall–Kier alpha value is -2.14. The minimum Gasteiger partial charge on any atom is -0.387 e. The highest BCUT2D eigenvalue weighted by atomic mass is 19.2. The van der Waals surface area contributed by atoms with E-state index in [1.807, 2.05) is 0 Å². The molecule has 0 saturated heterocycles. The van der Waals surface area contributed by atoms with Gasteiger partial charge in [-0.25, -0.2) is 8.78 Å². The third-order valence-corrected chi connectivity index (χ3v) is 3.82. The molecule has 0 unspecified atom stereocenters. The van der Waals surface area contributed by atoms with E-state index in [2.05, 4.69) is 4.98 Å². The number of Topliss-reactive ketones (excluding diaryl/α,β-unsaturated/α-hetero) is 1. The molecule has 1 heterocycles. The van der Waals surface area contributed by atoms with Crippen molar-refractivity contribution in [1.82, 2.24) is 4.98 Å². The molecule has 3 rings (SSSR count). The molecule has 0 saturated carbocycles. The Balaban J connectivity index is 2.10. The number of rotatable bonds is 1. The summed E-state index contributed by atoms with van der Waals surface area (Å²) in [5, 5.41) is 10.1. The molecule has 0 fully saturated rings. The average Bonchev–Trinajstić information content (AvgIpc) is 2.62. The van der Waals surface area contributed by atoms with Gasteiger partial charge in [0.2, 0.25) is 0 Å². The lowest BCUT2D eigenvalue weighted by atomic mass is 9.88. The second-order valence-corrected chi connectivity index (χ2v) is 5.09. The SMILES string of the molecule is O=C1c2cccnc2[C@H](O)CC[C@H]1c1cccc(F)c1F. The average molecular weight is 289 g/mol. The first-order valence-electron chi connectivity index (χ1n) is 6.70. The maximum absolute atomic E-state index is 14.0. The van der Waals surface area contributed by atoms with E-state index < -0.39 is 23.7 Å². The molecule has 1 N–H and O–H groups in total. The molecule has 0 bridgehead atoms. The second kappa shape index (κ2) is 5.33. The molecule has 2 atom stereocenters. The first-order chi connectivity index (χ1) is 10.1. The minimum atomic E-state index is -1.00. The largest absolute Gasteiger partial charge is 0.387 e. The van der Waals surface area contributed by atoms with Gasteiger partial charge in [-0.15, -0.1) is 0 Å². The molecule has 5 heteroatoms. The normalized spacial score (nSPS) is 21.8. The maximum atomic E-state index is 14.0. The molecule has 1 aromatic carbocycles. The summed E-state index contributed by atoms with van der Waals surface area (Å²) in [5.74, 6) is -3.12. The molecular weight excluding hydrogens is 276 g/mol. The van der Waals surface area contributed by atoms with E-state index in [0.29, 0.717) is 5.69 Å². The van der Waals surface area contributed by atoms with Gasteiger partial charge in [0.15, 0.2) is 17.4 Å². The molecule has 21 heavy (non-hydrogen) atoms. The van der Waals surface area contributed by atoms with E-state index in [-0.39, 0.29) is 29.8 Å². The van der Waals surface area contributed by atoms with E-state index >= 15 is 0 Å². The number of benzene rings is 1. The lowest BCUT2D eigenvalue weighted by Crippen LogP contribution is -2.14. The summed E-state index contributed by atoms with van der Waals surface area (Å²) < 4.78 is 27.3. The standard InChI is InChI=1S/C16H13F2NO2/c17-12-5-1-3-9(14(12)18)10-6-7-13(20)15-11(16(10)21)4-2-8-19-15/h1-5,8,10,13,20H,6-7H2/t10-,13+/m0/s1. The first-order valence-corrected chi connectivity index (χ1v) is 6.70. The van der Waals surface area contributed by atoms with Crippen LogP contribution in [0.1, 0.15) is 46.5 Å². The van der Waals surface area contributed by atoms with E-state index in [1.54, 1.807) is 12.1 Å². The molecule has 1 aliphatic rings. The summed E-state index contributed by atoms with van der Waals surface area (Å²) in [4.78, 5) is 16.6. The number of fused-ring (bicyclic) bond motifs is 1. The Morgan fingerprint density at radius 1 is 1.14 bits per heavy atom. The van der Waals surface area contributed by atoms with Gasteiger partial charge in [0, 0.05) is 17.3 Å². The van der Waals surface area contributed by atoms with Crippen molar-refractivity contribution in [2.24, 2.45) is 0 Å². The Bertz CT molecular complexity index is 702. The third kappa shape index (κ3) is 2.34. The molecule has 108 valence electrons. The summed E-state index contributed by atoms with van der Waals surface area (Å²) in [6.07, 6.45) is 1.15. The van der Waals surface area contributed by atoms with Crippen molar-refractivity contribution in [2.45, 2.75) is 24.9 Å². The quantitative estimate of drug-likeness (QED) is 0.820. The molecule has 3 nitrogen and oxygen atoms in total. The summed E-state index contributed by atoms with van der Waals surface area (Å²) in [6.45, 7) is 0. The fourth-order valence-corrected chi connectivity index (χ4v) is 2.76. The van der Waals surface area contributed by atoms with Crippen LogP contribution >= 0.6 is 0 Å². The van der Waals surface area contributed by atoms with Crippen molar-refractivity contribution in [3.8, 4) is 0 Å². The van der Waals surface area contributed by atoms with Gasteiger partial charge in [-0.05, 0) is 31.0 Å². The van der Waals surface area contributed by atoms with Crippen LogP contribution < -0.4 is 0 Å². The van der Waals surface area contributed by atoms with Crippen molar-refractivity contribution in [3.63, 3.8) is 0 Å². The number of ketones is 1. The third-order valence-electron chi connectivity index (χ3n) is 3.82. The van der Waals surface area contributed by atoms with Crippen LogP contribution in [0.4, 0.5) is 8.78 Å². The zero-order valence-corrected chi connectivity index (χ0v) is 11.1. The number of carbonyl (C=O) groups is 1. The predicted octanol–water partition coefficient (Wildman–Crippen LogP) is 3.15. The molecule has 0 aliphatic heterocycles. The van der Waals surface area contributed by atoms with Gasteiger partial charge in [0.05, 0.1) is 17.7 Å². The second-order valence-electron chi connectivity index (χ2n) is 5.09. The number of pyridine rings is 1. The number of aromatic nitrogens is 1. The van der Waals surface area contributed by atoms with E-state index in [9.17, 15) is 18.7 Å². The molecule has 1 aromatic heterocycles. The van der Waals surface area contributed by atoms with Crippen LogP contribution in [0.25, 0.3) is 0 Å². The minimum absolute atomic E-state index is 0.0314. The van der Waals surface area contributed by atoms with Gasteiger partial charge >= 0.3 is 0 Å². The van der Waals surface area contributed by atoms with Crippen LogP contribution in [0.5, 0.6) is 0 Å². The van der Waals surface area contributed by atoms with Crippen molar-refractivity contribution in [1.29, 1.82) is 0 Å². The first kappa shape index (κ1) is 13.8. The van der Waals surface area contributed by atoms with Crippen LogP contribution in [-0.2, 0) is 0 Å². The summed E-state index contributed by atoms with van der Waals surface area (Å²) in [5.41, 5.74) is 0.613. The predicted molar refractivity (Wildman–Crippen MR) is 71.9 cm³/mol. The Kier molecular flexibility index (Phi) is 3.51. The van der Waals surface area contributed by atoms with Gasteiger partial charge in [0.25, 0.3) is 0 Å². The zero-order chi connectivity index (χ0) is 15.0. The van der Waals surface area contributed by atoms with Crippen LogP contribution in [0.3, 0.4) is 0 Å². The number of hydrogen-bond acceptors (Lipinski definition) is 3. The highest BCUT2D eigenvalue weighted by Crippen LogP contribution is 2.36. The molecule has 0 radical (unpaired) electrons. The zero-order valence-electron chi connectivity index (χ0n) is 11.1. The number of halogens is 2. The van der Waals surface area contributed by atoms with Crippen LogP contribution in [-0.4, -0.2) is 15.9 Å². The summed E-state index contributed by atoms with van der Waals surface area (Å²) in [6, 6.07) is 6.96. The number of nitrogens with zero attached hydrogens (tertiary/aromatic N) is 1. The van der Waals surface area contributed by atoms with Crippen molar-refractivity contribution >= 4 is 5.78 Å². The molecule has 0 amide bonds. The van der Waals surface area contributed by atoms with Crippen LogP contribution in [0.15, 0.2) is 36.5 Å². The van der Waals surface area contributed by atoms with Crippen molar-refractivity contribution in [2.75, 3.05) is 0 Å². The number of aliphatic hydroxyl groups is 1. The number of carbonyl (C=O) groups excluding carboxylic acids is 1. The lowest BCUT2D eigenvalue weighted by molar-refractivity contribution is 0.0954. The molecular formula is C16H13F2NO2. The van der Waals surface area contributed by atoms with Crippen LogP contribution in [0, 0.1) is 11.6 Å². The summed E-state index contributed by atoms with van der Waals surface area (Å²) in [7, 11) is 0. The van der Waals surface area contributed by atoms with E-state index in [1.165, 1.54) is 18.3 Å². The van der Waals surface area contributed by atoms with E-state index in [4.69, 9.17) is 0 Å². The fourth-order valence-electron chi connectivity index (χ4n) is 2.76. The van der Waals surface area contributed by atoms with Gasteiger partial charge in [-0.2, -0.15) is 0 Å². The van der Waals surface area contributed by atoms with Crippen LogP contribution in [0.2, 0.25) is 0 Å². The Morgan fingerprint density at radius 3 is 2.76 bits per heavy atom. The molecule has 2 aromatic rings. The summed E-state index contributed by atoms with van der Waals surface area (Å²) >= 11 is 0. The number of hydrogen-bond donors (Lipinski definition) is 1. The molecule has 0 spiro atoms. The van der Waals surface area contributed by atoms with E-state index in [0.717, 1.165) is 6.07 Å². The van der Waals surface area contributed by atoms with Crippen molar-refractivity contribution in [3.05, 3.63) is 65.0 Å². The van der Waals surface area contributed by atoms with Gasteiger partial charge in [-0.1, -0.05) is 12.1 Å². The van der Waals surface area contributed by atoms with Gasteiger partial charge in [-0.3, -0.25) is 9.78 Å². The molecule has 1 aliphatic carbocycles. The van der Waals surface area contributed by atoms with Gasteiger partial charge in [0.1, 0.15) is 0 Å². The highest BCUT2D eigenvalue weighted by molar-refractivity contribution is 6.02. The fraction of sp³-hybridized carbons (Fsp3) is 0.250. The smallest absolute Gasteiger partial charge is 0.172 e.